The van der Waals surface area contributed by atoms with E-state index in [1.54, 1.807) is 13.2 Å². The number of rotatable bonds is 3. The van der Waals surface area contributed by atoms with Crippen molar-refractivity contribution in [2.75, 3.05) is 13.9 Å². The van der Waals surface area contributed by atoms with Gasteiger partial charge in [-0.15, -0.1) is 6.58 Å². The minimum absolute atomic E-state index is 0.221. The van der Waals surface area contributed by atoms with E-state index in [0.717, 1.165) is 5.56 Å². The Morgan fingerprint density at radius 3 is 3.00 bits per heavy atom. The van der Waals surface area contributed by atoms with Gasteiger partial charge in [-0.25, -0.2) is 0 Å². The van der Waals surface area contributed by atoms with Crippen molar-refractivity contribution in [1.29, 1.82) is 0 Å². The first-order chi connectivity index (χ1) is 7.26. The molecule has 2 N–H and O–H groups in total. The van der Waals surface area contributed by atoms with Crippen molar-refractivity contribution in [2.24, 2.45) is 5.73 Å². The Balaban J connectivity index is 2.47. The Morgan fingerprint density at radius 2 is 2.33 bits per heavy atom. The van der Waals surface area contributed by atoms with E-state index < -0.39 is 0 Å². The molecule has 0 aromatic heterocycles. The van der Waals surface area contributed by atoms with Gasteiger partial charge in [-0.1, -0.05) is 6.08 Å². The van der Waals surface area contributed by atoms with Crippen LogP contribution in [0.2, 0.25) is 0 Å². The monoisotopic (exact) mass is 207 g/mol. The van der Waals surface area contributed by atoms with Crippen LogP contribution in [0.25, 0.3) is 0 Å². The molecule has 1 heterocycles. The van der Waals surface area contributed by atoms with Crippen molar-refractivity contribution in [2.45, 2.75) is 6.04 Å². The zero-order chi connectivity index (χ0) is 10.8. The van der Waals surface area contributed by atoms with E-state index in [1.807, 2.05) is 12.1 Å². The molecule has 0 aliphatic carbocycles. The Bertz CT molecular complexity index is 390. The van der Waals surface area contributed by atoms with E-state index >= 15 is 0 Å². The van der Waals surface area contributed by atoms with E-state index in [9.17, 15) is 0 Å². The minimum Gasteiger partial charge on any atom is -0.493 e. The molecular formula is C11H13NO3. The lowest BCUT2D eigenvalue weighted by Gasteiger charge is -2.10. The van der Waals surface area contributed by atoms with Crippen molar-refractivity contribution < 1.29 is 14.2 Å². The zero-order valence-corrected chi connectivity index (χ0v) is 8.53. The second-order valence-corrected chi connectivity index (χ2v) is 3.22. The summed E-state index contributed by atoms with van der Waals surface area (Å²) >= 11 is 0. The largest absolute Gasteiger partial charge is 0.493 e. The smallest absolute Gasteiger partial charge is 0.231 e. The van der Waals surface area contributed by atoms with Crippen molar-refractivity contribution in [3.63, 3.8) is 0 Å². The van der Waals surface area contributed by atoms with E-state index in [-0.39, 0.29) is 12.8 Å². The van der Waals surface area contributed by atoms with Gasteiger partial charge in [0, 0.05) is 6.04 Å². The lowest BCUT2D eigenvalue weighted by molar-refractivity contribution is 0.171. The highest BCUT2D eigenvalue weighted by Gasteiger charge is 2.21. The number of methoxy groups -OCH3 is 1. The molecule has 15 heavy (non-hydrogen) atoms. The molecule has 2 rings (SSSR count). The quantitative estimate of drug-likeness (QED) is 0.765. The molecule has 4 nitrogen and oxygen atoms in total. The van der Waals surface area contributed by atoms with E-state index in [2.05, 4.69) is 6.58 Å². The van der Waals surface area contributed by atoms with Gasteiger partial charge in [0.05, 0.1) is 7.11 Å². The van der Waals surface area contributed by atoms with Crippen molar-refractivity contribution in [3.8, 4) is 17.2 Å². The summed E-state index contributed by atoms with van der Waals surface area (Å²) in [6.07, 6.45) is 1.66. The fourth-order valence-corrected chi connectivity index (χ4v) is 1.48. The molecular weight excluding hydrogens is 194 g/mol. The van der Waals surface area contributed by atoms with Crippen LogP contribution in [0, 0.1) is 0 Å². The number of hydrogen-bond acceptors (Lipinski definition) is 4. The Morgan fingerprint density at radius 1 is 1.53 bits per heavy atom. The van der Waals surface area contributed by atoms with E-state index in [4.69, 9.17) is 19.9 Å². The van der Waals surface area contributed by atoms with Gasteiger partial charge < -0.3 is 19.9 Å². The van der Waals surface area contributed by atoms with Gasteiger partial charge in [0.15, 0.2) is 11.5 Å². The first kappa shape index (κ1) is 9.86. The van der Waals surface area contributed by atoms with E-state index in [0.29, 0.717) is 17.2 Å². The lowest BCUT2D eigenvalue weighted by atomic mass is 10.1. The normalized spacial score (nSPS) is 14.8. The maximum absolute atomic E-state index is 5.84. The third-order valence-corrected chi connectivity index (χ3v) is 2.32. The first-order valence-electron chi connectivity index (χ1n) is 4.62. The fourth-order valence-electron chi connectivity index (χ4n) is 1.48. The van der Waals surface area contributed by atoms with Crippen molar-refractivity contribution in [3.05, 3.63) is 30.4 Å². The summed E-state index contributed by atoms with van der Waals surface area (Å²) in [6, 6.07) is 3.45. The summed E-state index contributed by atoms with van der Waals surface area (Å²) in [4.78, 5) is 0. The second-order valence-electron chi connectivity index (χ2n) is 3.22. The van der Waals surface area contributed by atoms with Crippen LogP contribution in [0.5, 0.6) is 17.2 Å². The molecule has 0 amide bonds. The summed E-state index contributed by atoms with van der Waals surface area (Å²) in [5.74, 6) is 1.94. The fraction of sp³-hybridized carbons (Fsp3) is 0.273. The van der Waals surface area contributed by atoms with Gasteiger partial charge in [-0.2, -0.15) is 0 Å². The summed E-state index contributed by atoms with van der Waals surface area (Å²) < 4.78 is 15.8. The van der Waals surface area contributed by atoms with Gasteiger partial charge in [0.2, 0.25) is 12.5 Å². The highest BCUT2D eigenvalue weighted by molar-refractivity contribution is 5.55. The van der Waals surface area contributed by atoms with E-state index in [1.165, 1.54) is 0 Å². The van der Waals surface area contributed by atoms with Gasteiger partial charge in [0.25, 0.3) is 0 Å². The molecule has 80 valence electrons. The van der Waals surface area contributed by atoms with Crippen LogP contribution in [-0.2, 0) is 0 Å². The number of benzene rings is 1. The minimum atomic E-state index is -0.228. The maximum Gasteiger partial charge on any atom is 0.231 e. The summed E-state index contributed by atoms with van der Waals surface area (Å²) in [7, 11) is 1.58. The molecule has 4 heteroatoms. The third kappa shape index (κ3) is 1.64. The topological polar surface area (TPSA) is 53.7 Å². The molecule has 0 bridgehead atoms. The summed E-state index contributed by atoms with van der Waals surface area (Å²) in [5.41, 5.74) is 6.74. The lowest BCUT2D eigenvalue weighted by Crippen LogP contribution is -2.06. The average molecular weight is 207 g/mol. The van der Waals surface area contributed by atoms with Crippen LogP contribution in [0.1, 0.15) is 11.6 Å². The van der Waals surface area contributed by atoms with Crippen LogP contribution in [0.3, 0.4) is 0 Å². The van der Waals surface area contributed by atoms with Crippen LogP contribution in [0.15, 0.2) is 24.8 Å². The van der Waals surface area contributed by atoms with Gasteiger partial charge in [-0.3, -0.25) is 0 Å². The van der Waals surface area contributed by atoms with Gasteiger partial charge in [-0.05, 0) is 17.7 Å². The first-order valence-corrected chi connectivity index (χ1v) is 4.62. The molecule has 1 aliphatic rings. The highest BCUT2D eigenvalue weighted by Crippen LogP contribution is 2.42. The molecule has 0 spiro atoms. The molecule has 0 saturated heterocycles. The van der Waals surface area contributed by atoms with Crippen LogP contribution in [0.4, 0.5) is 0 Å². The number of nitrogens with two attached hydrogens (primary N) is 1. The van der Waals surface area contributed by atoms with Crippen LogP contribution >= 0.6 is 0 Å². The third-order valence-electron chi connectivity index (χ3n) is 2.32. The standard InChI is InChI=1S/C11H13NO3/c1-3-8(12)7-4-9(13-2)11-10(5-7)14-6-15-11/h3-5,8H,1,6,12H2,2H3/t8-/m0/s1. The zero-order valence-electron chi connectivity index (χ0n) is 8.53. The average Bonchev–Trinajstić information content (AvgIpc) is 2.74. The van der Waals surface area contributed by atoms with Crippen molar-refractivity contribution in [1.82, 2.24) is 0 Å². The predicted octanol–water partition coefficient (Wildman–Crippen LogP) is 1.61. The SMILES string of the molecule is C=C[C@H](N)c1cc(OC)c2c(c1)OCO2. The van der Waals surface area contributed by atoms with Crippen LogP contribution in [-0.4, -0.2) is 13.9 Å². The Labute approximate surface area is 88.2 Å². The molecule has 0 unspecified atom stereocenters. The van der Waals surface area contributed by atoms with Gasteiger partial charge in [0.1, 0.15) is 0 Å². The molecule has 1 atom stereocenters. The molecule has 1 aromatic rings. The maximum atomic E-state index is 5.84. The summed E-state index contributed by atoms with van der Waals surface area (Å²) in [6.45, 7) is 3.87. The summed E-state index contributed by atoms with van der Waals surface area (Å²) in [5, 5.41) is 0. The molecule has 1 aliphatic heterocycles. The number of fused-ring (bicyclic) bond motifs is 1. The number of hydrogen-bond donors (Lipinski definition) is 1. The molecule has 0 fully saturated rings. The second kappa shape index (κ2) is 3.82. The Hall–Kier alpha value is -1.68. The Kier molecular flexibility index (Phi) is 2.51. The van der Waals surface area contributed by atoms with Crippen molar-refractivity contribution >= 4 is 0 Å². The van der Waals surface area contributed by atoms with Crippen LogP contribution < -0.4 is 19.9 Å². The molecule has 0 saturated carbocycles. The predicted molar refractivity (Wildman–Crippen MR) is 56.2 cm³/mol. The van der Waals surface area contributed by atoms with Gasteiger partial charge >= 0.3 is 0 Å². The highest BCUT2D eigenvalue weighted by atomic mass is 16.7. The molecule has 0 radical (unpaired) electrons. The number of ether oxygens (including phenoxy) is 3. The molecule has 1 aromatic carbocycles.